The van der Waals surface area contributed by atoms with Crippen LogP contribution in [0.3, 0.4) is 0 Å². The van der Waals surface area contributed by atoms with E-state index in [9.17, 15) is 4.79 Å². The maximum Gasteiger partial charge on any atom is 0.251 e. The molecule has 1 N–H and O–H groups in total. The zero-order valence-electron chi connectivity index (χ0n) is 8.72. The summed E-state index contributed by atoms with van der Waals surface area (Å²) >= 11 is 5.83. The van der Waals surface area contributed by atoms with E-state index in [2.05, 4.69) is 11.9 Å². The Balaban J connectivity index is 2.72. The highest BCUT2D eigenvalue weighted by atomic mass is 35.5. The van der Waals surface area contributed by atoms with Gasteiger partial charge in [0.05, 0.1) is 0 Å². The topological polar surface area (TPSA) is 29.1 Å². The molecule has 2 nitrogen and oxygen atoms in total. The van der Waals surface area contributed by atoms with Gasteiger partial charge in [0, 0.05) is 17.1 Å². The van der Waals surface area contributed by atoms with E-state index >= 15 is 0 Å². The summed E-state index contributed by atoms with van der Waals surface area (Å²) in [5.41, 5.74) is 1.56. The highest BCUT2D eigenvalue weighted by molar-refractivity contribution is 6.31. The average molecular weight is 224 g/mol. The van der Waals surface area contributed by atoms with E-state index in [4.69, 9.17) is 11.6 Å². The summed E-state index contributed by atoms with van der Waals surface area (Å²) < 4.78 is 0. The van der Waals surface area contributed by atoms with Crippen LogP contribution in [0.4, 0.5) is 0 Å². The van der Waals surface area contributed by atoms with Crippen molar-refractivity contribution in [1.82, 2.24) is 5.32 Å². The molecule has 0 bridgehead atoms. The highest BCUT2D eigenvalue weighted by Gasteiger charge is 2.08. The molecule has 0 heterocycles. The molecule has 0 unspecified atom stereocenters. The molecule has 80 valence electrons. The first-order valence-corrected chi connectivity index (χ1v) is 5.18. The van der Waals surface area contributed by atoms with Gasteiger partial charge in [0.2, 0.25) is 0 Å². The summed E-state index contributed by atoms with van der Waals surface area (Å²) in [5.74, 6) is -0.0862. The number of hydrogen-bond donors (Lipinski definition) is 1. The van der Waals surface area contributed by atoms with Gasteiger partial charge in [-0.2, -0.15) is 0 Å². The zero-order chi connectivity index (χ0) is 11.3. The van der Waals surface area contributed by atoms with E-state index in [0.29, 0.717) is 17.1 Å². The van der Waals surface area contributed by atoms with E-state index < -0.39 is 0 Å². The van der Waals surface area contributed by atoms with Gasteiger partial charge >= 0.3 is 0 Å². The molecule has 0 aliphatic rings. The van der Waals surface area contributed by atoms with Crippen LogP contribution in [-0.2, 0) is 0 Å². The fraction of sp³-hybridized carbons (Fsp3) is 0.250. The second-order valence-corrected chi connectivity index (χ2v) is 3.73. The first-order chi connectivity index (χ1) is 7.15. The Kier molecular flexibility index (Phi) is 4.37. The van der Waals surface area contributed by atoms with E-state index in [1.807, 2.05) is 13.0 Å². The van der Waals surface area contributed by atoms with Crippen LogP contribution < -0.4 is 5.32 Å². The van der Waals surface area contributed by atoms with Gasteiger partial charge in [0.1, 0.15) is 0 Å². The van der Waals surface area contributed by atoms with Crippen LogP contribution in [-0.4, -0.2) is 12.5 Å². The van der Waals surface area contributed by atoms with Crippen molar-refractivity contribution >= 4 is 17.5 Å². The van der Waals surface area contributed by atoms with Crippen molar-refractivity contribution in [3.8, 4) is 0 Å². The molecular formula is C12H14ClNO. The van der Waals surface area contributed by atoms with Crippen LogP contribution in [0.25, 0.3) is 0 Å². The fourth-order valence-electron chi connectivity index (χ4n) is 1.22. The standard InChI is InChI=1S/C12H14ClNO/c1-3-4-7-14-12(15)11-8-10(13)6-5-9(11)2/h3,5-6,8H,1,4,7H2,2H3,(H,14,15). The van der Waals surface area contributed by atoms with E-state index in [1.165, 1.54) is 0 Å². The zero-order valence-corrected chi connectivity index (χ0v) is 9.47. The lowest BCUT2D eigenvalue weighted by Crippen LogP contribution is -2.24. The van der Waals surface area contributed by atoms with Gasteiger partial charge in [0.25, 0.3) is 5.91 Å². The average Bonchev–Trinajstić information content (AvgIpc) is 2.22. The maximum absolute atomic E-state index is 11.7. The first-order valence-electron chi connectivity index (χ1n) is 4.80. The molecule has 0 fully saturated rings. The molecule has 1 aromatic rings. The lowest BCUT2D eigenvalue weighted by molar-refractivity contribution is 0.0954. The van der Waals surface area contributed by atoms with E-state index in [1.54, 1.807) is 18.2 Å². The first kappa shape index (κ1) is 11.8. The van der Waals surface area contributed by atoms with Crippen LogP contribution in [0, 0.1) is 6.92 Å². The Morgan fingerprint density at radius 3 is 3.00 bits per heavy atom. The quantitative estimate of drug-likeness (QED) is 0.617. The van der Waals surface area contributed by atoms with Crippen molar-refractivity contribution in [1.29, 1.82) is 0 Å². The summed E-state index contributed by atoms with van der Waals surface area (Å²) in [4.78, 5) is 11.7. The molecule has 1 rings (SSSR count). The predicted octanol–water partition coefficient (Wildman–Crippen LogP) is 2.95. The van der Waals surface area contributed by atoms with E-state index in [0.717, 1.165) is 12.0 Å². The smallest absolute Gasteiger partial charge is 0.251 e. The van der Waals surface area contributed by atoms with Crippen molar-refractivity contribution in [3.05, 3.63) is 47.0 Å². The Labute approximate surface area is 94.9 Å². The lowest BCUT2D eigenvalue weighted by atomic mass is 10.1. The van der Waals surface area contributed by atoms with E-state index in [-0.39, 0.29) is 5.91 Å². The molecule has 3 heteroatoms. The minimum Gasteiger partial charge on any atom is -0.352 e. The summed E-state index contributed by atoms with van der Waals surface area (Å²) in [6.45, 7) is 6.08. The van der Waals surface area contributed by atoms with Crippen molar-refractivity contribution in [3.63, 3.8) is 0 Å². The molecule has 0 aromatic heterocycles. The molecule has 0 saturated heterocycles. The third kappa shape index (κ3) is 3.40. The van der Waals surface area contributed by atoms with Crippen LogP contribution in [0.15, 0.2) is 30.9 Å². The largest absolute Gasteiger partial charge is 0.352 e. The monoisotopic (exact) mass is 223 g/mol. The number of benzene rings is 1. The van der Waals surface area contributed by atoms with Gasteiger partial charge in [-0.25, -0.2) is 0 Å². The van der Waals surface area contributed by atoms with Gasteiger partial charge in [-0.05, 0) is 31.0 Å². The minimum absolute atomic E-state index is 0.0862. The molecule has 1 amide bonds. The van der Waals surface area contributed by atoms with Crippen molar-refractivity contribution in [2.45, 2.75) is 13.3 Å². The SMILES string of the molecule is C=CCCNC(=O)c1cc(Cl)ccc1C. The highest BCUT2D eigenvalue weighted by Crippen LogP contribution is 2.15. The minimum atomic E-state index is -0.0862. The number of amides is 1. The van der Waals surface area contributed by atoms with Gasteiger partial charge in [-0.1, -0.05) is 23.7 Å². The number of carbonyl (C=O) groups is 1. The molecular weight excluding hydrogens is 210 g/mol. The van der Waals surface area contributed by atoms with Crippen LogP contribution in [0.5, 0.6) is 0 Å². The molecule has 0 atom stereocenters. The Morgan fingerprint density at radius 2 is 2.33 bits per heavy atom. The third-order valence-electron chi connectivity index (χ3n) is 2.08. The molecule has 0 aliphatic heterocycles. The van der Waals surface area contributed by atoms with Gasteiger partial charge in [-0.15, -0.1) is 6.58 Å². The van der Waals surface area contributed by atoms with Crippen molar-refractivity contribution in [2.75, 3.05) is 6.54 Å². The summed E-state index contributed by atoms with van der Waals surface area (Å²) in [5, 5.41) is 3.38. The second kappa shape index (κ2) is 5.56. The van der Waals surface area contributed by atoms with Gasteiger partial charge in [-0.3, -0.25) is 4.79 Å². The van der Waals surface area contributed by atoms with Crippen LogP contribution in [0.2, 0.25) is 5.02 Å². The molecule has 0 radical (unpaired) electrons. The Bertz CT molecular complexity index is 374. The van der Waals surface area contributed by atoms with Crippen LogP contribution >= 0.6 is 11.6 Å². The molecule has 0 spiro atoms. The maximum atomic E-state index is 11.7. The summed E-state index contributed by atoms with van der Waals surface area (Å²) in [6, 6.07) is 5.29. The normalized spacial score (nSPS) is 9.73. The number of hydrogen-bond acceptors (Lipinski definition) is 1. The number of rotatable bonds is 4. The molecule has 15 heavy (non-hydrogen) atoms. The van der Waals surface area contributed by atoms with Gasteiger partial charge < -0.3 is 5.32 Å². The number of carbonyl (C=O) groups excluding carboxylic acids is 1. The van der Waals surface area contributed by atoms with Crippen molar-refractivity contribution in [2.24, 2.45) is 0 Å². The third-order valence-corrected chi connectivity index (χ3v) is 2.31. The van der Waals surface area contributed by atoms with Gasteiger partial charge in [0.15, 0.2) is 0 Å². The molecule has 0 saturated carbocycles. The number of halogens is 1. The summed E-state index contributed by atoms with van der Waals surface area (Å²) in [7, 11) is 0. The lowest BCUT2D eigenvalue weighted by Gasteiger charge is -2.06. The fourth-order valence-corrected chi connectivity index (χ4v) is 1.39. The molecule has 1 aromatic carbocycles. The predicted molar refractivity (Wildman–Crippen MR) is 63.3 cm³/mol. The number of aryl methyl sites for hydroxylation is 1. The molecule has 0 aliphatic carbocycles. The van der Waals surface area contributed by atoms with Crippen molar-refractivity contribution < 1.29 is 4.79 Å². The number of nitrogens with one attached hydrogen (secondary N) is 1. The second-order valence-electron chi connectivity index (χ2n) is 3.29. The summed E-state index contributed by atoms with van der Waals surface area (Å²) in [6.07, 6.45) is 2.54. The Hall–Kier alpha value is -1.28. The van der Waals surface area contributed by atoms with Crippen LogP contribution in [0.1, 0.15) is 22.3 Å². The Morgan fingerprint density at radius 1 is 1.60 bits per heavy atom.